The van der Waals surface area contributed by atoms with E-state index in [1.807, 2.05) is 18.9 Å². The van der Waals surface area contributed by atoms with E-state index in [0.29, 0.717) is 12.2 Å². The number of aliphatic hydroxyl groups excluding tert-OH is 1. The molecule has 1 atom stereocenters. The number of carbonyl (C=O) groups is 1. The van der Waals surface area contributed by atoms with E-state index in [9.17, 15) is 9.90 Å². The van der Waals surface area contributed by atoms with Gasteiger partial charge in [0.05, 0.1) is 6.10 Å². The van der Waals surface area contributed by atoms with Gasteiger partial charge in [0, 0.05) is 30.6 Å². The molecule has 1 saturated heterocycles. The lowest BCUT2D eigenvalue weighted by Gasteiger charge is -2.34. The summed E-state index contributed by atoms with van der Waals surface area (Å²) in [6.07, 6.45) is 2.93. The van der Waals surface area contributed by atoms with E-state index in [2.05, 4.69) is 25.8 Å². The van der Waals surface area contributed by atoms with Gasteiger partial charge in [0.25, 0.3) is 5.91 Å². The van der Waals surface area contributed by atoms with Crippen LogP contribution in [0.3, 0.4) is 0 Å². The van der Waals surface area contributed by atoms with Crippen molar-refractivity contribution in [1.29, 1.82) is 0 Å². The Kier molecular flexibility index (Phi) is 4.51. The van der Waals surface area contributed by atoms with Crippen molar-refractivity contribution in [3.8, 4) is 0 Å². The zero-order valence-corrected chi connectivity index (χ0v) is 15.6. The summed E-state index contributed by atoms with van der Waals surface area (Å²) in [5, 5.41) is 10.5. The van der Waals surface area contributed by atoms with E-state index < -0.39 is 6.10 Å². The van der Waals surface area contributed by atoms with Crippen LogP contribution in [-0.4, -0.2) is 54.0 Å². The van der Waals surface area contributed by atoms with Gasteiger partial charge in [0.2, 0.25) is 0 Å². The maximum Gasteiger partial charge on any atom is 0.289 e. The molecule has 1 N–H and O–H groups in total. The molecule has 1 amide bonds. The molecule has 1 fully saturated rings. The molecule has 134 valence electrons. The van der Waals surface area contributed by atoms with Crippen LogP contribution in [0.2, 0.25) is 0 Å². The summed E-state index contributed by atoms with van der Waals surface area (Å²) in [6, 6.07) is 0.261. The number of nitrogens with zero attached hydrogens (tertiary/aromatic N) is 2. The fourth-order valence-corrected chi connectivity index (χ4v) is 4.20. The first-order valence-corrected chi connectivity index (χ1v) is 8.95. The molecule has 0 bridgehead atoms. The second kappa shape index (κ2) is 6.19. The highest BCUT2D eigenvalue weighted by molar-refractivity contribution is 5.93. The molecule has 0 saturated carbocycles. The average molecular weight is 334 g/mol. The molecule has 0 spiro atoms. The number of hydrogen-bond donors (Lipinski definition) is 1. The third kappa shape index (κ3) is 3.11. The minimum absolute atomic E-state index is 0.00309. The van der Waals surface area contributed by atoms with Gasteiger partial charge in [-0.25, -0.2) is 0 Å². The van der Waals surface area contributed by atoms with Crippen LogP contribution in [0.1, 0.15) is 66.7 Å². The van der Waals surface area contributed by atoms with E-state index in [0.717, 1.165) is 49.2 Å². The number of aliphatic hydroxyl groups is 1. The van der Waals surface area contributed by atoms with E-state index >= 15 is 0 Å². The first-order valence-electron chi connectivity index (χ1n) is 8.95. The van der Waals surface area contributed by atoms with Crippen molar-refractivity contribution in [2.75, 3.05) is 27.2 Å². The van der Waals surface area contributed by atoms with Crippen LogP contribution in [0.25, 0.3) is 0 Å². The Balaban J connectivity index is 1.84. The van der Waals surface area contributed by atoms with Gasteiger partial charge < -0.3 is 19.3 Å². The van der Waals surface area contributed by atoms with Crippen molar-refractivity contribution in [2.24, 2.45) is 5.41 Å². The maximum atomic E-state index is 13.0. The molecule has 5 nitrogen and oxygen atoms in total. The number of rotatable bonds is 2. The van der Waals surface area contributed by atoms with Crippen molar-refractivity contribution in [2.45, 2.75) is 58.6 Å². The van der Waals surface area contributed by atoms with Gasteiger partial charge in [-0.05, 0) is 51.7 Å². The number of fused-ring (bicyclic) bond motifs is 1. The van der Waals surface area contributed by atoms with E-state index in [4.69, 9.17) is 4.42 Å². The molecule has 1 aliphatic carbocycles. The number of furan rings is 1. The summed E-state index contributed by atoms with van der Waals surface area (Å²) < 4.78 is 5.98. The van der Waals surface area contributed by atoms with Gasteiger partial charge in [0.1, 0.15) is 5.76 Å². The fraction of sp³-hybridized carbons (Fsp3) is 0.737. The number of likely N-dealkylation sites (tertiary alicyclic amines) is 1. The van der Waals surface area contributed by atoms with E-state index in [-0.39, 0.29) is 17.4 Å². The molecular weight excluding hydrogens is 304 g/mol. The molecule has 5 heteroatoms. The van der Waals surface area contributed by atoms with Gasteiger partial charge in [-0.2, -0.15) is 0 Å². The molecule has 0 radical (unpaired) electrons. The largest absolute Gasteiger partial charge is 0.455 e. The molecule has 24 heavy (non-hydrogen) atoms. The predicted octanol–water partition coefficient (Wildman–Crippen LogP) is 2.76. The van der Waals surface area contributed by atoms with Crippen molar-refractivity contribution in [1.82, 2.24) is 9.80 Å². The maximum absolute atomic E-state index is 13.0. The predicted molar refractivity (Wildman–Crippen MR) is 93.1 cm³/mol. The first kappa shape index (κ1) is 17.5. The summed E-state index contributed by atoms with van der Waals surface area (Å²) in [7, 11) is 3.99. The van der Waals surface area contributed by atoms with Crippen LogP contribution in [0.4, 0.5) is 0 Å². The minimum atomic E-state index is -0.539. The molecule has 1 aromatic rings. The zero-order chi connectivity index (χ0) is 17.6. The number of piperidine rings is 1. The number of hydrogen-bond acceptors (Lipinski definition) is 4. The van der Waals surface area contributed by atoms with Gasteiger partial charge >= 0.3 is 0 Å². The normalized spacial score (nSPS) is 24.7. The number of amides is 1. The lowest BCUT2D eigenvalue weighted by Crippen LogP contribution is -2.44. The van der Waals surface area contributed by atoms with Crippen LogP contribution >= 0.6 is 0 Å². The summed E-state index contributed by atoms with van der Waals surface area (Å²) >= 11 is 0. The van der Waals surface area contributed by atoms with Crippen molar-refractivity contribution < 1.29 is 14.3 Å². The van der Waals surface area contributed by atoms with Crippen LogP contribution in [0, 0.1) is 12.3 Å². The second-order valence-corrected chi connectivity index (χ2v) is 8.40. The molecule has 2 aliphatic rings. The highest BCUT2D eigenvalue weighted by Gasteiger charge is 2.38. The van der Waals surface area contributed by atoms with Gasteiger partial charge in [-0.3, -0.25) is 4.79 Å². The lowest BCUT2D eigenvalue weighted by molar-refractivity contribution is 0.0620. The fourth-order valence-electron chi connectivity index (χ4n) is 4.20. The third-order valence-electron chi connectivity index (χ3n) is 5.74. The van der Waals surface area contributed by atoms with Crippen LogP contribution in [0.5, 0.6) is 0 Å². The zero-order valence-electron chi connectivity index (χ0n) is 15.6. The van der Waals surface area contributed by atoms with E-state index in [1.54, 1.807) is 0 Å². The Hall–Kier alpha value is -1.33. The van der Waals surface area contributed by atoms with Gasteiger partial charge in [-0.15, -0.1) is 0 Å². The van der Waals surface area contributed by atoms with Crippen molar-refractivity contribution >= 4 is 5.91 Å². The summed E-state index contributed by atoms with van der Waals surface area (Å²) in [6.45, 7) is 8.19. The van der Waals surface area contributed by atoms with Crippen molar-refractivity contribution in [3.63, 3.8) is 0 Å². The Morgan fingerprint density at radius 2 is 1.96 bits per heavy atom. The standard InChI is InChI=1S/C19H30N2O3/c1-12-16-14(22)10-19(2,3)11-15(16)24-17(12)18(23)21(5)13-6-8-20(4)9-7-13/h13-14,22H,6-11H2,1-5H3/t14-/m0/s1. The summed E-state index contributed by atoms with van der Waals surface area (Å²) in [5.74, 6) is 1.15. The topological polar surface area (TPSA) is 56.9 Å². The molecule has 1 aliphatic heterocycles. The monoisotopic (exact) mass is 334 g/mol. The SMILES string of the molecule is Cc1c(C(=O)N(C)C2CCN(C)CC2)oc2c1[C@@H](O)CC(C)(C)C2. The minimum Gasteiger partial charge on any atom is -0.455 e. The molecule has 1 aromatic heterocycles. The van der Waals surface area contributed by atoms with Crippen LogP contribution in [0.15, 0.2) is 4.42 Å². The Morgan fingerprint density at radius 1 is 1.33 bits per heavy atom. The van der Waals surface area contributed by atoms with Crippen LogP contribution in [-0.2, 0) is 6.42 Å². The highest BCUT2D eigenvalue weighted by atomic mass is 16.4. The molecule has 0 aromatic carbocycles. The Morgan fingerprint density at radius 3 is 2.58 bits per heavy atom. The molecular formula is C19H30N2O3. The highest BCUT2D eigenvalue weighted by Crippen LogP contribution is 2.44. The quantitative estimate of drug-likeness (QED) is 0.903. The molecule has 2 heterocycles. The van der Waals surface area contributed by atoms with Gasteiger partial charge in [0.15, 0.2) is 5.76 Å². The molecule has 3 rings (SSSR count). The molecule has 0 unspecified atom stereocenters. The van der Waals surface area contributed by atoms with E-state index in [1.165, 1.54) is 0 Å². The summed E-state index contributed by atoms with van der Waals surface area (Å²) in [4.78, 5) is 17.1. The third-order valence-corrected chi connectivity index (χ3v) is 5.74. The summed E-state index contributed by atoms with van der Waals surface area (Å²) in [5.41, 5.74) is 1.66. The lowest BCUT2D eigenvalue weighted by atomic mass is 9.75. The second-order valence-electron chi connectivity index (χ2n) is 8.40. The smallest absolute Gasteiger partial charge is 0.289 e. The first-order chi connectivity index (χ1) is 11.2. The Labute approximate surface area is 144 Å². The van der Waals surface area contributed by atoms with Gasteiger partial charge in [-0.1, -0.05) is 13.8 Å². The Bertz CT molecular complexity index is 627. The number of carbonyl (C=O) groups excluding carboxylic acids is 1. The average Bonchev–Trinajstić information content (AvgIpc) is 2.82. The van der Waals surface area contributed by atoms with Crippen LogP contribution < -0.4 is 0 Å². The van der Waals surface area contributed by atoms with Crippen molar-refractivity contribution in [3.05, 3.63) is 22.6 Å².